The van der Waals surface area contributed by atoms with Crippen molar-refractivity contribution in [3.05, 3.63) is 53.6 Å². The van der Waals surface area contributed by atoms with Gasteiger partial charge in [0.15, 0.2) is 0 Å². The maximum Gasteiger partial charge on any atom is 0.333 e. The first-order valence-electron chi connectivity index (χ1n) is 7.69. The number of nitrogens with zero attached hydrogens (tertiary/aromatic N) is 1. The first kappa shape index (κ1) is 20.1. The fraction of sp³-hybridized carbons (Fsp3) is 0.316. The highest BCUT2D eigenvalue weighted by Crippen LogP contribution is 2.19. The number of hydrogen-bond donors (Lipinski definition) is 0. The molecular weight excluding hydrogens is 322 g/mol. The van der Waals surface area contributed by atoms with Gasteiger partial charge in [0.1, 0.15) is 0 Å². The molecule has 0 unspecified atom stereocenters. The number of isocyanates is 1. The van der Waals surface area contributed by atoms with Crippen LogP contribution in [0.15, 0.2) is 47.5 Å². The van der Waals surface area contributed by atoms with Gasteiger partial charge in [-0.2, -0.15) is 4.99 Å². The molecule has 1 rings (SSSR count). The average molecular weight is 343 g/mol. The quantitative estimate of drug-likeness (QED) is 0.298. The second-order valence-corrected chi connectivity index (χ2v) is 5.54. The first-order chi connectivity index (χ1) is 11.8. The first-order valence-corrected chi connectivity index (χ1v) is 7.69. The van der Waals surface area contributed by atoms with Gasteiger partial charge in [0.05, 0.1) is 18.9 Å². The predicted octanol–water partition coefficient (Wildman–Crippen LogP) is 2.98. The summed E-state index contributed by atoms with van der Waals surface area (Å²) in [6.07, 6.45) is 2.41. The van der Waals surface area contributed by atoms with E-state index < -0.39 is 11.9 Å². The van der Waals surface area contributed by atoms with Crippen LogP contribution in [0.5, 0.6) is 0 Å². The molecule has 0 aromatic heterocycles. The lowest BCUT2D eigenvalue weighted by Crippen LogP contribution is -2.09. The second kappa shape index (κ2) is 10.0. The minimum atomic E-state index is -0.450. The van der Waals surface area contributed by atoms with E-state index in [1.807, 2.05) is 6.07 Å². The zero-order chi connectivity index (χ0) is 18.8. The summed E-state index contributed by atoms with van der Waals surface area (Å²) in [5.41, 5.74) is 2.79. The van der Waals surface area contributed by atoms with Crippen LogP contribution in [0.3, 0.4) is 0 Å². The van der Waals surface area contributed by atoms with E-state index in [9.17, 15) is 14.4 Å². The van der Waals surface area contributed by atoms with Gasteiger partial charge >= 0.3 is 11.9 Å². The molecule has 1 aromatic rings. The molecular formula is C19H21NO5. The van der Waals surface area contributed by atoms with E-state index in [1.165, 1.54) is 6.08 Å². The molecule has 0 aliphatic rings. The van der Waals surface area contributed by atoms with Gasteiger partial charge in [-0.25, -0.2) is 14.4 Å². The van der Waals surface area contributed by atoms with Crippen molar-refractivity contribution in [3.63, 3.8) is 0 Å². The SMILES string of the molecule is C=C(C)C(=O)OCCc1cc(CCOC(=O)C(=C)C)cc(N=C=O)c1. The number of benzene rings is 1. The normalized spacial score (nSPS) is 9.68. The molecule has 0 bridgehead atoms. The predicted molar refractivity (Wildman–Crippen MR) is 93.2 cm³/mol. The van der Waals surface area contributed by atoms with Gasteiger partial charge in [0.25, 0.3) is 0 Å². The fourth-order valence-electron chi connectivity index (χ4n) is 1.92. The monoisotopic (exact) mass is 343 g/mol. The van der Waals surface area contributed by atoms with E-state index in [0.717, 1.165) is 11.1 Å². The maximum absolute atomic E-state index is 11.4. The number of esters is 2. The number of carbonyl (C=O) groups excluding carboxylic acids is 3. The average Bonchev–Trinajstić information content (AvgIpc) is 2.54. The van der Waals surface area contributed by atoms with Crippen molar-refractivity contribution in [1.82, 2.24) is 0 Å². The molecule has 0 fully saturated rings. The summed E-state index contributed by atoms with van der Waals surface area (Å²) in [5, 5.41) is 0. The topological polar surface area (TPSA) is 82.0 Å². The molecule has 0 saturated carbocycles. The summed E-state index contributed by atoms with van der Waals surface area (Å²) < 4.78 is 10.1. The lowest BCUT2D eigenvalue weighted by molar-refractivity contribution is -0.139. The highest BCUT2D eigenvalue weighted by Gasteiger charge is 2.07. The van der Waals surface area contributed by atoms with E-state index >= 15 is 0 Å². The van der Waals surface area contributed by atoms with E-state index in [0.29, 0.717) is 29.7 Å². The Balaban J connectivity index is 2.74. The van der Waals surface area contributed by atoms with Gasteiger partial charge in [0.2, 0.25) is 6.08 Å². The summed E-state index contributed by atoms with van der Waals surface area (Å²) in [7, 11) is 0. The third-order valence-electron chi connectivity index (χ3n) is 3.16. The van der Waals surface area contributed by atoms with Gasteiger partial charge in [-0.3, -0.25) is 0 Å². The number of aliphatic imine (C=N–C) groups is 1. The summed E-state index contributed by atoms with van der Waals surface area (Å²) >= 11 is 0. The van der Waals surface area contributed by atoms with Crippen molar-refractivity contribution in [1.29, 1.82) is 0 Å². The Morgan fingerprint density at radius 1 is 0.960 bits per heavy atom. The third kappa shape index (κ3) is 7.42. The highest BCUT2D eigenvalue weighted by molar-refractivity contribution is 5.87. The van der Waals surface area contributed by atoms with Crippen LogP contribution in [-0.4, -0.2) is 31.2 Å². The zero-order valence-electron chi connectivity index (χ0n) is 14.5. The van der Waals surface area contributed by atoms with Gasteiger partial charge < -0.3 is 9.47 Å². The maximum atomic E-state index is 11.4. The Labute approximate surface area is 146 Å². The molecule has 25 heavy (non-hydrogen) atoms. The molecule has 0 atom stereocenters. The highest BCUT2D eigenvalue weighted by atomic mass is 16.5. The minimum absolute atomic E-state index is 0.185. The molecule has 0 amide bonds. The fourth-order valence-corrected chi connectivity index (χ4v) is 1.92. The molecule has 6 nitrogen and oxygen atoms in total. The molecule has 132 valence electrons. The molecule has 0 radical (unpaired) electrons. The van der Waals surface area contributed by atoms with Crippen molar-refractivity contribution >= 4 is 23.7 Å². The van der Waals surface area contributed by atoms with E-state index in [1.54, 1.807) is 26.0 Å². The van der Waals surface area contributed by atoms with Crippen molar-refractivity contribution in [2.45, 2.75) is 26.7 Å². The van der Waals surface area contributed by atoms with Crippen LogP contribution in [0, 0.1) is 0 Å². The Hall–Kier alpha value is -2.98. The second-order valence-electron chi connectivity index (χ2n) is 5.54. The number of carbonyl (C=O) groups is 2. The van der Waals surface area contributed by atoms with Crippen LogP contribution in [0.25, 0.3) is 0 Å². The summed E-state index contributed by atoms with van der Waals surface area (Å²) in [6.45, 7) is 10.5. The lowest BCUT2D eigenvalue weighted by atomic mass is 10.0. The van der Waals surface area contributed by atoms with E-state index in [-0.39, 0.29) is 13.2 Å². The Morgan fingerprint density at radius 3 is 1.76 bits per heavy atom. The number of hydrogen-bond acceptors (Lipinski definition) is 6. The standard InChI is InChI=1S/C19H21NO5/c1-13(2)18(22)24-7-5-15-9-16(11-17(10-15)20-12-21)6-8-25-19(23)14(3)4/h9-11H,1,3,5-8H2,2,4H3. The zero-order valence-corrected chi connectivity index (χ0v) is 14.5. The summed E-state index contributed by atoms with van der Waals surface area (Å²) in [6, 6.07) is 5.30. The van der Waals surface area contributed by atoms with Gasteiger partial charge in [-0.05, 0) is 37.1 Å². The van der Waals surface area contributed by atoms with E-state index in [4.69, 9.17) is 9.47 Å². The lowest BCUT2D eigenvalue weighted by Gasteiger charge is -2.09. The van der Waals surface area contributed by atoms with Crippen LogP contribution < -0.4 is 0 Å². The van der Waals surface area contributed by atoms with Gasteiger partial charge in [-0.15, -0.1) is 0 Å². The van der Waals surface area contributed by atoms with Crippen molar-refractivity contribution < 1.29 is 23.9 Å². The van der Waals surface area contributed by atoms with Crippen LogP contribution in [0.4, 0.5) is 5.69 Å². The van der Waals surface area contributed by atoms with Gasteiger partial charge in [0, 0.05) is 24.0 Å². The summed E-state index contributed by atoms with van der Waals surface area (Å²) in [4.78, 5) is 36.9. The summed E-state index contributed by atoms with van der Waals surface area (Å²) in [5.74, 6) is -0.900. The molecule has 1 aromatic carbocycles. The molecule has 0 saturated heterocycles. The van der Waals surface area contributed by atoms with Crippen LogP contribution in [0.1, 0.15) is 25.0 Å². The van der Waals surface area contributed by atoms with Crippen molar-refractivity contribution in [3.8, 4) is 0 Å². The van der Waals surface area contributed by atoms with E-state index in [2.05, 4.69) is 18.2 Å². The van der Waals surface area contributed by atoms with Crippen molar-refractivity contribution in [2.75, 3.05) is 13.2 Å². The van der Waals surface area contributed by atoms with Crippen LogP contribution in [0.2, 0.25) is 0 Å². The molecule has 0 N–H and O–H groups in total. The molecule has 0 heterocycles. The molecule has 0 spiro atoms. The third-order valence-corrected chi connectivity index (χ3v) is 3.16. The number of ether oxygens (including phenoxy) is 2. The largest absolute Gasteiger partial charge is 0.462 e. The number of rotatable bonds is 9. The molecule has 0 aliphatic carbocycles. The molecule has 6 heteroatoms. The Bertz CT molecular complexity index is 679. The van der Waals surface area contributed by atoms with Gasteiger partial charge in [-0.1, -0.05) is 19.2 Å². The van der Waals surface area contributed by atoms with Crippen molar-refractivity contribution in [2.24, 2.45) is 4.99 Å². The molecule has 0 aliphatic heterocycles. The Kier molecular flexibility index (Phi) is 8.03. The van der Waals surface area contributed by atoms with Crippen LogP contribution >= 0.6 is 0 Å². The smallest absolute Gasteiger partial charge is 0.333 e. The minimum Gasteiger partial charge on any atom is -0.462 e. The van der Waals surface area contributed by atoms with Crippen LogP contribution in [-0.2, 0) is 36.7 Å². The Morgan fingerprint density at radius 2 is 1.40 bits per heavy atom.